The first-order valence-electron chi connectivity index (χ1n) is 6.13. The molecule has 0 aromatic heterocycles. The Labute approximate surface area is 113 Å². The van der Waals surface area contributed by atoms with E-state index in [-0.39, 0.29) is 17.2 Å². The van der Waals surface area contributed by atoms with Gasteiger partial charge < -0.3 is 15.3 Å². The van der Waals surface area contributed by atoms with Crippen molar-refractivity contribution in [3.8, 4) is 17.2 Å². The number of hydrogen-bond donors (Lipinski definition) is 3. The molecule has 0 spiro atoms. The number of aromatic hydroxyl groups is 3. The Balaban J connectivity index is 0.000000861. The summed E-state index contributed by atoms with van der Waals surface area (Å²) in [5.74, 6) is 0.267. The third kappa shape index (κ3) is 4.76. The number of benzene rings is 2. The second kappa shape index (κ2) is 7.11. The van der Waals surface area contributed by atoms with Gasteiger partial charge in [0.15, 0.2) is 0 Å². The van der Waals surface area contributed by atoms with Crippen molar-refractivity contribution < 1.29 is 15.3 Å². The average Bonchev–Trinajstić information content (AvgIpc) is 2.39. The van der Waals surface area contributed by atoms with Crippen LogP contribution in [0, 0.1) is 0 Å². The van der Waals surface area contributed by atoms with Crippen molar-refractivity contribution in [1.82, 2.24) is 0 Å². The molecule has 0 aliphatic carbocycles. The molecule has 0 unspecified atom stereocenters. The van der Waals surface area contributed by atoms with E-state index in [0.29, 0.717) is 5.56 Å². The molecule has 0 fully saturated rings. The van der Waals surface area contributed by atoms with Crippen LogP contribution in [0.1, 0.15) is 25.0 Å². The first-order valence-corrected chi connectivity index (χ1v) is 6.13. The Hall–Kier alpha value is -2.42. The summed E-state index contributed by atoms with van der Waals surface area (Å²) in [5, 5.41) is 27.7. The highest BCUT2D eigenvalue weighted by atomic mass is 16.3. The van der Waals surface area contributed by atoms with Gasteiger partial charge in [0.25, 0.3) is 0 Å². The topological polar surface area (TPSA) is 60.7 Å². The van der Waals surface area contributed by atoms with Gasteiger partial charge in [-0.2, -0.15) is 0 Å². The molecule has 0 aliphatic heterocycles. The van der Waals surface area contributed by atoms with Crippen LogP contribution in [0.3, 0.4) is 0 Å². The molecule has 0 heterocycles. The van der Waals surface area contributed by atoms with Gasteiger partial charge in [-0.1, -0.05) is 38.1 Å². The lowest BCUT2D eigenvalue weighted by molar-refractivity contribution is 0.450. The van der Waals surface area contributed by atoms with Crippen molar-refractivity contribution in [2.24, 2.45) is 0 Å². The summed E-state index contributed by atoms with van der Waals surface area (Å²) >= 11 is 0. The summed E-state index contributed by atoms with van der Waals surface area (Å²) < 4.78 is 0. The molecule has 2 rings (SSSR count). The van der Waals surface area contributed by atoms with Crippen molar-refractivity contribution in [2.75, 3.05) is 0 Å². The van der Waals surface area contributed by atoms with Crippen LogP contribution in [0.25, 0.3) is 12.2 Å². The van der Waals surface area contributed by atoms with Crippen molar-refractivity contribution in [1.29, 1.82) is 0 Å². The Bertz CT molecular complexity index is 522. The molecule has 0 radical (unpaired) electrons. The van der Waals surface area contributed by atoms with Crippen molar-refractivity contribution in [3.05, 3.63) is 53.6 Å². The lowest BCUT2D eigenvalue weighted by atomic mass is 10.1. The standard InChI is InChI=1S/C14H12O3.C2H6/c15-12-5-3-10(4-6-12)1-2-11-7-13(16)9-14(17)8-11;1-2/h1-9,15-17H;1-2H3/b2-1+;. The van der Waals surface area contributed by atoms with E-state index < -0.39 is 0 Å². The molecule has 19 heavy (non-hydrogen) atoms. The fourth-order valence-corrected chi connectivity index (χ4v) is 1.49. The second-order valence-corrected chi connectivity index (χ2v) is 3.71. The third-order valence-electron chi connectivity index (χ3n) is 2.29. The Morgan fingerprint density at radius 1 is 0.632 bits per heavy atom. The quantitative estimate of drug-likeness (QED) is 0.713. The molecule has 0 atom stereocenters. The minimum atomic E-state index is 0.0235. The zero-order valence-corrected chi connectivity index (χ0v) is 11.0. The normalized spacial score (nSPS) is 10.0. The Morgan fingerprint density at radius 2 is 1.11 bits per heavy atom. The van der Waals surface area contributed by atoms with Gasteiger partial charge in [-0.3, -0.25) is 0 Å². The average molecular weight is 258 g/mol. The first-order chi connectivity index (χ1) is 9.13. The minimum absolute atomic E-state index is 0.0235. The minimum Gasteiger partial charge on any atom is -0.508 e. The van der Waals surface area contributed by atoms with Gasteiger partial charge in [0.05, 0.1) is 0 Å². The molecule has 0 saturated carbocycles. The molecule has 3 heteroatoms. The molecule has 3 nitrogen and oxygen atoms in total. The third-order valence-corrected chi connectivity index (χ3v) is 2.29. The first kappa shape index (κ1) is 14.6. The smallest absolute Gasteiger partial charge is 0.119 e. The van der Waals surface area contributed by atoms with Crippen LogP contribution in [-0.4, -0.2) is 15.3 Å². The van der Waals surface area contributed by atoms with Crippen LogP contribution in [0.2, 0.25) is 0 Å². The molecule has 0 bridgehead atoms. The zero-order chi connectivity index (χ0) is 14.3. The molecule has 0 saturated heterocycles. The summed E-state index contributed by atoms with van der Waals surface area (Å²) in [6.45, 7) is 4.00. The second-order valence-electron chi connectivity index (χ2n) is 3.71. The van der Waals surface area contributed by atoms with Crippen molar-refractivity contribution in [2.45, 2.75) is 13.8 Å². The maximum atomic E-state index is 9.30. The van der Waals surface area contributed by atoms with E-state index in [9.17, 15) is 10.2 Å². The summed E-state index contributed by atoms with van der Waals surface area (Å²) in [7, 11) is 0. The van der Waals surface area contributed by atoms with Gasteiger partial charge in [-0.25, -0.2) is 0 Å². The van der Waals surface area contributed by atoms with Crippen LogP contribution in [0.5, 0.6) is 17.2 Å². The predicted molar refractivity (Wildman–Crippen MR) is 78.2 cm³/mol. The van der Waals surface area contributed by atoms with Crippen molar-refractivity contribution >= 4 is 12.2 Å². The van der Waals surface area contributed by atoms with E-state index in [1.165, 1.54) is 6.07 Å². The summed E-state index contributed by atoms with van der Waals surface area (Å²) in [4.78, 5) is 0. The van der Waals surface area contributed by atoms with E-state index in [0.717, 1.165) is 5.56 Å². The fourth-order valence-electron chi connectivity index (χ4n) is 1.49. The molecule has 100 valence electrons. The number of phenols is 3. The van der Waals surface area contributed by atoms with Crippen LogP contribution >= 0.6 is 0 Å². The van der Waals surface area contributed by atoms with Crippen LogP contribution in [-0.2, 0) is 0 Å². The highest BCUT2D eigenvalue weighted by Crippen LogP contribution is 2.22. The molecule has 0 aliphatic rings. The van der Waals surface area contributed by atoms with E-state index in [4.69, 9.17) is 5.11 Å². The lowest BCUT2D eigenvalue weighted by Gasteiger charge is -1.98. The largest absolute Gasteiger partial charge is 0.508 e. The molecule has 2 aromatic rings. The monoisotopic (exact) mass is 258 g/mol. The van der Waals surface area contributed by atoms with Crippen LogP contribution in [0.4, 0.5) is 0 Å². The molecular weight excluding hydrogens is 240 g/mol. The maximum Gasteiger partial charge on any atom is 0.119 e. The lowest BCUT2D eigenvalue weighted by Crippen LogP contribution is -1.74. The number of hydrogen-bond acceptors (Lipinski definition) is 3. The SMILES string of the molecule is CC.Oc1ccc(/C=C/c2cc(O)cc(O)c2)cc1. The zero-order valence-electron chi connectivity index (χ0n) is 11.0. The predicted octanol–water partition coefficient (Wildman–Crippen LogP) is 4.00. The fraction of sp³-hybridized carbons (Fsp3) is 0.125. The highest BCUT2D eigenvalue weighted by molar-refractivity contribution is 5.71. The Kier molecular flexibility index (Phi) is 5.48. The van der Waals surface area contributed by atoms with Crippen LogP contribution in [0.15, 0.2) is 42.5 Å². The summed E-state index contributed by atoms with van der Waals surface area (Å²) in [6.07, 6.45) is 3.60. The van der Waals surface area contributed by atoms with Gasteiger partial charge in [0.1, 0.15) is 17.2 Å². The number of phenolic OH excluding ortho intramolecular Hbond substituents is 3. The summed E-state index contributed by atoms with van der Waals surface area (Å²) in [6, 6.07) is 11.1. The van der Waals surface area contributed by atoms with E-state index in [1.807, 2.05) is 19.9 Å². The molecule has 0 amide bonds. The van der Waals surface area contributed by atoms with Gasteiger partial charge in [-0.05, 0) is 35.4 Å². The van der Waals surface area contributed by atoms with E-state index >= 15 is 0 Å². The number of rotatable bonds is 2. The van der Waals surface area contributed by atoms with Gasteiger partial charge >= 0.3 is 0 Å². The van der Waals surface area contributed by atoms with Crippen molar-refractivity contribution in [3.63, 3.8) is 0 Å². The summed E-state index contributed by atoms with van der Waals surface area (Å²) in [5.41, 5.74) is 1.63. The molecular formula is C16H18O3. The van der Waals surface area contributed by atoms with E-state index in [1.54, 1.807) is 42.5 Å². The van der Waals surface area contributed by atoms with Gasteiger partial charge in [0.2, 0.25) is 0 Å². The van der Waals surface area contributed by atoms with Gasteiger partial charge in [0, 0.05) is 6.07 Å². The highest BCUT2D eigenvalue weighted by Gasteiger charge is 1.95. The molecule has 3 N–H and O–H groups in total. The van der Waals surface area contributed by atoms with Gasteiger partial charge in [-0.15, -0.1) is 0 Å². The van der Waals surface area contributed by atoms with Crippen LogP contribution < -0.4 is 0 Å². The Morgan fingerprint density at radius 3 is 1.63 bits per heavy atom. The van der Waals surface area contributed by atoms with E-state index in [2.05, 4.69) is 0 Å². The maximum absolute atomic E-state index is 9.30. The molecule has 2 aromatic carbocycles.